The highest BCUT2D eigenvalue weighted by atomic mass is 35.5. The van der Waals surface area contributed by atoms with Gasteiger partial charge in [0.2, 0.25) is 6.54 Å². The van der Waals surface area contributed by atoms with Gasteiger partial charge >= 0.3 is 0 Å². The SMILES string of the molecule is COc1ccc([C@@H](C[N+](=O)[O-])Sc2nnc(C)n2-c2ccc(C)cc2)cc1Cl. The van der Waals surface area contributed by atoms with Gasteiger partial charge in [-0.15, -0.1) is 10.2 Å². The lowest BCUT2D eigenvalue weighted by Gasteiger charge is -2.15. The molecule has 0 aliphatic heterocycles. The third kappa shape index (κ3) is 4.45. The number of hydrogen-bond acceptors (Lipinski definition) is 6. The molecule has 1 heterocycles. The molecule has 28 heavy (non-hydrogen) atoms. The van der Waals surface area contributed by atoms with Crippen LogP contribution in [-0.4, -0.2) is 33.3 Å². The van der Waals surface area contributed by atoms with Crippen molar-refractivity contribution in [2.45, 2.75) is 24.3 Å². The van der Waals surface area contributed by atoms with Gasteiger partial charge in [-0.1, -0.05) is 47.1 Å². The lowest BCUT2D eigenvalue weighted by molar-refractivity contribution is -0.479. The van der Waals surface area contributed by atoms with E-state index in [0.29, 0.717) is 21.8 Å². The number of ether oxygens (including phenoxy) is 1. The second kappa shape index (κ2) is 8.62. The van der Waals surface area contributed by atoms with Crippen LogP contribution in [0.25, 0.3) is 5.69 Å². The first-order chi connectivity index (χ1) is 13.4. The summed E-state index contributed by atoms with van der Waals surface area (Å²) in [5.41, 5.74) is 2.77. The second-order valence-corrected chi connectivity index (χ2v) is 7.79. The molecule has 146 valence electrons. The molecule has 0 saturated heterocycles. The van der Waals surface area contributed by atoms with Crippen LogP contribution in [0, 0.1) is 24.0 Å². The number of nitro groups is 1. The molecule has 0 bridgehead atoms. The van der Waals surface area contributed by atoms with Gasteiger partial charge in [0.1, 0.15) is 16.8 Å². The van der Waals surface area contributed by atoms with Gasteiger partial charge in [-0.05, 0) is 43.7 Å². The van der Waals surface area contributed by atoms with Gasteiger partial charge in [0.15, 0.2) is 5.16 Å². The fraction of sp³-hybridized carbons (Fsp3) is 0.263. The molecule has 2 aromatic carbocycles. The van der Waals surface area contributed by atoms with Crippen LogP contribution < -0.4 is 4.74 Å². The van der Waals surface area contributed by atoms with Crippen molar-refractivity contribution >= 4 is 23.4 Å². The number of rotatable bonds is 7. The van der Waals surface area contributed by atoms with E-state index >= 15 is 0 Å². The maximum atomic E-state index is 11.3. The molecule has 3 aromatic rings. The summed E-state index contributed by atoms with van der Waals surface area (Å²) in [4.78, 5) is 10.9. The quantitative estimate of drug-likeness (QED) is 0.315. The van der Waals surface area contributed by atoms with E-state index in [-0.39, 0.29) is 11.5 Å². The highest BCUT2D eigenvalue weighted by molar-refractivity contribution is 7.99. The van der Waals surface area contributed by atoms with Crippen molar-refractivity contribution in [2.75, 3.05) is 13.7 Å². The van der Waals surface area contributed by atoms with E-state index in [1.165, 1.54) is 18.9 Å². The van der Waals surface area contributed by atoms with Crippen LogP contribution in [-0.2, 0) is 0 Å². The molecule has 0 aliphatic carbocycles. The Morgan fingerprint density at radius 3 is 2.54 bits per heavy atom. The summed E-state index contributed by atoms with van der Waals surface area (Å²) in [5.74, 6) is 1.23. The number of aromatic nitrogens is 3. The lowest BCUT2D eigenvalue weighted by atomic mass is 10.1. The smallest absolute Gasteiger partial charge is 0.220 e. The number of benzene rings is 2. The van der Waals surface area contributed by atoms with Crippen molar-refractivity contribution in [3.05, 3.63) is 74.6 Å². The van der Waals surface area contributed by atoms with Gasteiger partial charge in [-0.2, -0.15) is 0 Å². The summed E-state index contributed by atoms with van der Waals surface area (Å²) < 4.78 is 7.06. The Labute approximate surface area is 171 Å². The van der Waals surface area contributed by atoms with Crippen molar-refractivity contribution in [3.63, 3.8) is 0 Å². The van der Waals surface area contributed by atoms with Crippen molar-refractivity contribution in [1.82, 2.24) is 14.8 Å². The van der Waals surface area contributed by atoms with Crippen LogP contribution in [0.5, 0.6) is 5.75 Å². The predicted molar refractivity (Wildman–Crippen MR) is 109 cm³/mol. The van der Waals surface area contributed by atoms with Crippen molar-refractivity contribution in [3.8, 4) is 11.4 Å². The van der Waals surface area contributed by atoms with E-state index in [1.807, 2.05) is 42.7 Å². The molecule has 1 atom stereocenters. The second-order valence-electron chi connectivity index (χ2n) is 6.22. The Morgan fingerprint density at radius 1 is 1.21 bits per heavy atom. The lowest BCUT2D eigenvalue weighted by Crippen LogP contribution is -2.11. The van der Waals surface area contributed by atoms with Crippen LogP contribution in [0.2, 0.25) is 5.02 Å². The maximum absolute atomic E-state index is 11.3. The van der Waals surface area contributed by atoms with Gasteiger partial charge < -0.3 is 4.74 Å². The van der Waals surface area contributed by atoms with E-state index in [9.17, 15) is 10.1 Å². The average molecular weight is 419 g/mol. The van der Waals surface area contributed by atoms with Crippen LogP contribution >= 0.6 is 23.4 Å². The minimum atomic E-state index is -0.480. The molecular weight excluding hydrogens is 400 g/mol. The maximum Gasteiger partial charge on any atom is 0.220 e. The number of halogens is 1. The third-order valence-electron chi connectivity index (χ3n) is 4.20. The molecule has 9 heteroatoms. The Hall–Kier alpha value is -2.58. The molecule has 0 radical (unpaired) electrons. The Balaban J connectivity index is 1.97. The first kappa shape index (κ1) is 20.2. The van der Waals surface area contributed by atoms with Crippen molar-refractivity contribution < 1.29 is 9.66 Å². The first-order valence-electron chi connectivity index (χ1n) is 8.50. The number of thioether (sulfide) groups is 1. The highest BCUT2D eigenvalue weighted by Crippen LogP contribution is 2.38. The number of hydrogen-bond donors (Lipinski definition) is 0. The zero-order valence-corrected chi connectivity index (χ0v) is 17.2. The summed E-state index contributed by atoms with van der Waals surface area (Å²) >= 11 is 7.51. The van der Waals surface area contributed by atoms with Crippen LogP contribution in [0.3, 0.4) is 0 Å². The zero-order chi connectivity index (χ0) is 20.3. The molecule has 1 aromatic heterocycles. The molecule has 0 amide bonds. The van der Waals surface area contributed by atoms with Crippen molar-refractivity contribution in [1.29, 1.82) is 0 Å². The number of aryl methyl sites for hydroxylation is 2. The highest BCUT2D eigenvalue weighted by Gasteiger charge is 2.24. The van der Waals surface area contributed by atoms with E-state index in [1.54, 1.807) is 18.2 Å². The third-order valence-corrected chi connectivity index (χ3v) is 5.67. The van der Waals surface area contributed by atoms with Gasteiger partial charge in [-0.3, -0.25) is 14.7 Å². The molecule has 0 fully saturated rings. The molecule has 3 rings (SSSR count). The summed E-state index contributed by atoms with van der Waals surface area (Å²) in [7, 11) is 1.52. The van der Waals surface area contributed by atoms with Gasteiger partial charge in [0, 0.05) is 10.6 Å². The van der Waals surface area contributed by atoms with E-state index in [0.717, 1.165) is 16.8 Å². The van der Waals surface area contributed by atoms with Gasteiger partial charge in [0.05, 0.1) is 12.1 Å². The Morgan fingerprint density at radius 2 is 1.93 bits per heavy atom. The van der Waals surface area contributed by atoms with Gasteiger partial charge in [-0.25, -0.2) is 0 Å². The number of nitrogens with zero attached hydrogens (tertiary/aromatic N) is 4. The predicted octanol–water partition coefficient (Wildman–Crippen LogP) is 4.66. The molecule has 7 nitrogen and oxygen atoms in total. The molecular formula is C19H19ClN4O3S. The molecule has 0 unspecified atom stereocenters. The molecule has 0 saturated carbocycles. The van der Waals surface area contributed by atoms with Crippen LogP contribution in [0.1, 0.15) is 22.2 Å². The van der Waals surface area contributed by atoms with Crippen molar-refractivity contribution in [2.24, 2.45) is 0 Å². The Bertz CT molecular complexity index is 991. The molecule has 0 N–H and O–H groups in total. The topological polar surface area (TPSA) is 83.1 Å². The van der Waals surface area contributed by atoms with Crippen LogP contribution in [0.15, 0.2) is 47.6 Å². The summed E-state index contributed by atoms with van der Waals surface area (Å²) in [5, 5.41) is 20.2. The minimum Gasteiger partial charge on any atom is -0.495 e. The molecule has 0 spiro atoms. The minimum absolute atomic E-state index is 0.271. The monoisotopic (exact) mass is 418 g/mol. The summed E-state index contributed by atoms with van der Waals surface area (Å²) in [6.45, 7) is 3.59. The number of methoxy groups -OCH3 is 1. The Kier molecular flexibility index (Phi) is 6.21. The summed E-state index contributed by atoms with van der Waals surface area (Å²) in [6.07, 6.45) is 0. The summed E-state index contributed by atoms with van der Waals surface area (Å²) in [6, 6.07) is 13.1. The molecule has 0 aliphatic rings. The van der Waals surface area contributed by atoms with E-state index in [4.69, 9.17) is 16.3 Å². The fourth-order valence-corrected chi connectivity index (χ4v) is 4.20. The van der Waals surface area contributed by atoms with E-state index in [2.05, 4.69) is 10.2 Å². The zero-order valence-electron chi connectivity index (χ0n) is 15.6. The van der Waals surface area contributed by atoms with Crippen LogP contribution in [0.4, 0.5) is 0 Å². The fourth-order valence-electron chi connectivity index (χ4n) is 2.77. The normalized spacial score (nSPS) is 12.0. The standard InChI is InChI=1S/C19H19ClN4O3S/c1-12-4-7-15(8-5-12)24-13(2)21-22-19(24)28-18(11-23(25)26)14-6-9-17(27-3)16(20)10-14/h4-10,18H,11H2,1-3H3/t18-/m1/s1. The largest absolute Gasteiger partial charge is 0.495 e. The average Bonchev–Trinajstić information content (AvgIpc) is 3.02. The van der Waals surface area contributed by atoms with Gasteiger partial charge in [0.25, 0.3) is 0 Å². The first-order valence-corrected chi connectivity index (χ1v) is 9.75. The van der Waals surface area contributed by atoms with E-state index < -0.39 is 5.25 Å².